The van der Waals surface area contributed by atoms with E-state index >= 15 is 0 Å². The van der Waals surface area contributed by atoms with Gasteiger partial charge in [0.1, 0.15) is 11.5 Å². The van der Waals surface area contributed by atoms with Gasteiger partial charge >= 0.3 is 0 Å². The number of hydrogen-bond acceptors (Lipinski definition) is 2. The van der Waals surface area contributed by atoms with Crippen LogP contribution in [0.3, 0.4) is 0 Å². The molecule has 0 saturated heterocycles. The van der Waals surface area contributed by atoms with Gasteiger partial charge in [-0.05, 0) is 25.7 Å². The van der Waals surface area contributed by atoms with E-state index in [-0.39, 0.29) is 0 Å². The molecule has 0 aromatic heterocycles. The molecule has 2 aromatic rings. The standard InChI is InChI=1S/C32H48O2/c1-3-5-7-9-11-13-19-25-33-31-27-21-15-17-23-29(27)32(30-24-18-16-22-28(30)31)34-26-20-14-12-10-8-6-4-2/h15-18,21,23H,3-14,19-20,22,24-26H2,1-2H3. The first-order valence-electron chi connectivity index (χ1n) is 14.3. The van der Waals surface area contributed by atoms with Gasteiger partial charge in [-0.3, -0.25) is 0 Å². The maximum Gasteiger partial charge on any atom is 0.131 e. The monoisotopic (exact) mass is 464 g/mol. The summed E-state index contributed by atoms with van der Waals surface area (Å²) in [6, 6.07) is 8.70. The van der Waals surface area contributed by atoms with Gasteiger partial charge in [0.25, 0.3) is 0 Å². The van der Waals surface area contributed by atoms with Crippen molar-refractivity contribution in [2.24, 2.45) is 0 Å². The third-order valence-electron chi connectivity index (χ3n) is 7.13. The largest absolute Gasteiger partial charge is 0.493 e. The summed E-state index contributed by atoms with van der Waals surface area (Å²) in [5.41, 5.74) is 2.69. The molecule has 1 aliphatic rings. The third-order valence-corrected chi connectivity index (χ3v) is 7.13. The summed E-state index contributed by atoms with van der Waals surface area (Å²) in [5, 5.41) is 2.43. The summed E-state index contributed by atoms with van der Waals surface area (Å²) in [4.78, 5) is 0. The lowest BCUT2D eigenvalue weighted by Crippen LogP contribution is -2.09. The van der Waals surface area contributed by atoms with Gasteiger partial charge < -0.3 is 9.47 Å². The number of ether oxygens (including phenoxy) is 2. The summed E-state index contributed by atoms with van der Waals surface area (Å²) in [6.07, 6.45) is 24.8. The zero-order valence-corrected chi connectivity index (χ0v) is 22.0. The van der Waals surface area contributed by atoms with Crippen LogP contribution < -0.4 is 9.47 Å². The topological polar surface area (TPSA) is 18.5 Å². The molecule has 3 rings (SSSR count). The molecule has 0 saturated carbocycles. The van der Waals surface area contributed by atoms with E-state index in [0.717, 1.165) is 50.4 Å². The van der Waals surface area contributed by atoms with Gasteiger partial charge in [-0.25, -0.2) is 0 Å². The summed E-state index contributed by atoms with van der Waals surface area (Å²) < 4.78 is 13.0. The molecule has 0 heterocycles. The number of fused-ring (bicyclic) bond motifs is 2. The number of allylic oxidation sites excluding steroid dienone is 2. The maximum absolute atomic E-state index is 6.50. The van der Waals surface area contributed by atoms with Crippen molar-refractivity contribution in [1.82, 2.24) is 0 Å². The fourth-order valence-corrected chi connectivity index (χ4v) is 5.11. The van der Waals surface area contributed by atoms with Crippen LogP contribution in [0.15, 0.2) is 36.4 Å². The van der Waals surface area contributed by atoms with Crippen LogP contribution in [0.25, 0.3) is 10.8 Å². The smallest absolute Gasteiger partial charge is 0.131 e. The SMILES string of the molecule is CCCCCCCCCOc1c2c(c(OCCCCCCCCC)c3ccccc13)CC=CC2. The predicted octanol–water partition coefficient (Wildman–Crippen LogP) is 9.75. The van der Waals surface area contributed by atoms with Gasteiger partial charge in [0.05, 0.1) is 13.2 Å². The van der Waals surface area contributed by atoms with Crippen LogP contribution in [0.5, 0.6) is 11.5 Å². The fourth-order valence-electron chi connectivity index (χ4n) is 5.11. The Balaban J connectivity index is 1.62. The molecule has 2 aromatic carbocycles. The van der Waals surface area contributed by atoms with E-state index in [1.807, 2.05) is 0 Å². The maximum atomic E-state index is 6.50. The molecule has 0 unspecified atom stereocenters. The highest BCUT2D eigenvalue weighted by Gasteiger charge is 2.22. The summed E-state index contributed by atoms with van der Waals surface area (Å²) >= 11 is 0. The highest BCUT2D eigenvalue weighted by molar-refractivity contribution is 5.96. The first-order chi connectivity index (χ1) is 16.9. The van der Waals surface area contributed by atoms with Crippen LogP contribution in [-0.2, 0) is 12.8 Å². The number of hydrogen-bond donors (Lipinski definition) is 0. The molecule has 0 N–H and O–H groups in total. The fraction of sp³-hybridized carbons (Fsp3) is 0.625. The first-order valence-corrected chi connectivity index (χ1v) is 14.3. The van der Waals surface area contributed by atoms with Crippen molar-refractivity contribution in [3.05, 3.63) is 47.5 Å². The summed E-state index contributed by atoms with van der Waals surface area (Å²) in [7, 11) is 0. The van der Waals surface area contributed by atoms with Gasteiger partial charge in [-0.1, -0.05) is 127 Å². The Kier molecular flexibility index (Phi) is 12.4. The Labute approximate surface area is 209 Å². The number of rotatable bonds is 18. The van der Waals surface area contributed by atoms with Crippen LogP contribution in [-0.4, -0.2) is 13.2 Å². The van der Waals surface area contributed by atoms with Crippen molar-refractivity contribution in [3.8, 4) is 11.5 Å². The summed E-state index contributed by atoms with van der Waals surface area (Å²) in [6.45, 7) is 6.18. The Morgan fingerprint density at radius 3 is 1.32 bits per heavy atom. The first kappa shape index (κ1) is 26.6. The number of unbranched alkanes of at least 4 members (excludes halogenated alkanes) is 12. The van der Waals surface area contributed by atoms with Crippen molar-refractivity contribution >= 4 is 10.8 Å². The van der Waals surface area contributed by atoms with Gasteiger partial charge in [0, 0.05) is 21.9 Å². The van der Waals surface area contributed by atoms with E-state index in [1.54, 1.807) is 0 Å². The normalized spacial score (nSPS) is 12.8. The van der Waals surface area contributed by atoms with Crippen molar-refractivity contribution in [2.75, 3.05) is 13.2 Å². The molecule has 0 radical (unpaired) electrons. The molecule has 188 valence electrons. The highest BCUT2D eigenvalue weighted by atomic mass is 16.5. The molecule has 0 fully saturated rings. The van der Waals surface area contributed by atoms with E-state index in [9.17, 15) is 0 Å². The van der Waals surface area contributed by atoms with E-state index < -0.39 is 0 Å². The number of benzene rings is 2. The van der Waals surface area contributed by atoms with Crippen molar-refractivity contribution in [2.45, 2.75) is 117 Å². The predicted molar refractivity (Wildman–Crippen MR) is 147 cm³/mol. The molecule has 2 nitrogen and oxygen atoms in total. The van der Waals surface area contributed by atoms with Crippen LogP contribution >= 0.6 is 0 Å². The Bertz CT molecular complexity index is 796. The molecule has 34 heavy (non-hydrogen) atoms. The average Bonchev–Trinajstić information content (AvgIpc) is 2.87. The van der Waals surface area contributed by atoms with Gasteiger partial charge in [-0.2, -0.15) is 0 Å². The molecule has 0 bridgehead atoms. The molecule has 0 spiro atoms. The molecular formula is C32H48O2. The van der Waals surface area contributed by atoms with Gasteiger partial charge in [0.15, 0.2) is 0 Å². The Morgan fingerprint density at radius 1 is 0.529 bits per heavy atom. The second-order valence-electron chi connectivity index (χ2n) is 9.98. The van der Waals surface area contributed by atoms with E-state index in [1.165, 1.54) is 98.9 Å². The molecule has 0 amide bonds. The van der Waals surface area contributed by atoms with Crippen LogP contribution in [0.4, 0.5) is 0 Å². The lowest BCUT2D eigenvalue weighted by molar-refractivity contribution is 0.297. The second kappa shape index (κ2) is 15.8. The van der Waals surface area contributed by atoms with Crippen molar-refractivity contribution in [3.63, 3.8) is 0 Å². The molecule has 0 atom stereocenters. The molecule has 2 heteroatoms. The minimum Gasteiger partial charge on any atom is -0.493 e. The van der Waals surface area contributed by atoms with Crippen LogP contribution in [0.1, 0.15) is 115 Å². The van der Waals surface area contributed by atoms with Crippen molar-refractivity contribution in [1.29, 1.82) is 0 Å². The second-order valence-corrected chi connectivity index (χ2v) is 9.98. The van der Waals surface area contributed by atoms with Gasteiger partial charge in [-0.15, -0.1) is 0 Å². The quantitative estimate of drug-likeness (QED) is 0.161. The van der Waals surface area contributed by atoms with Gasteiger partial charge in [0.2, 0.25) is 0 Å². The van der Waals surface area contributed by atoms with E-state index in [2.05, 4.69) is 50.3 Å². The van der Waals surface area contributed by atoms with Crippen molar-refractivity contribution < 1.29 is 9.47 Å². The molecule has 1 aliphatic carbocycles. The zero-order chi connectivity index (χ0) is 23.8. The third kappa shape index (κ3) is 8.07. The highest BCUT2D eigenvalue weighted by Crippen LogP contribution is 2.43. The van der Waals surface area contributed by atoms with E-state index in [0.29, 0.717) is 0 Å². The lowest BCUT2D eigenvalue weighted by Gasteiger charge is -2.23. The van der Waals surface area contributed by atoms with E-state index in [4.69, 9.17) is 9.47 Å². The Hall–Kier alpha value is -1.96. The Morgan fingerprint density at radius 2 is 0.912 bits per heavy atom. The molecule has 0 aliphatic heterocycles. The minimum absolute atomic E-state index is 0.812. The average molecular weight is 465 g/mol. The van der Waals surface area contributed by atoms with Crippen LogP contribution in [0.2, 0.25) is 0 Å². The zero-order valence-electron chi connectivity index (χ0n) is 22.0. The van der Waals surface area contributed by atoms with Crippen LogP contribution in [0, 0.1) is 0 Å². The summed E-state index contributed by atoms with van der Waals surface area (Å²) in [5.74, 6) is 2.20. The lowest BCUT2D eigenvalue weighted by atomic mass is 9.90. The minimum atomic E-state index is 0.812. The molecular weight excluding hydrogens is 416 g/mol.